The van der Waals surface area contributed by atoms with Gasteiger partial charge in [-0.05, 0) is 11.1 Å². The standard InChI is InChI=1S/C11H11F2N3O3/c12-11(13,7-15-16-14)9(10(17)18)19-6-8-4-2-1-3-5-8/h1-5,9H,6-7H2,(H,17,18)/t9-/m0/s1. The first kappa shape index (κ1) is 14.9. The first-order valence-corrected chi connectivity index (χ1v) is 5.24. The Hall–Kier alpha value is -2.18. The van der Waals surface area contributed by atoms with Crippen molar-refractivity contribution in [3.63, 3.8) is 0 Å². The van der Waals surface area contributed by atoms with Crippen LogP contribution in [0.15, 0.2) is 35.4 Å². The number of aliphatic carboxylic acids is 1. The van der Waals surface area contributed by atoms with Gasteiger partial charge >= 0.3 is 5.97 Å². The predicted molar refractivity (Wildman–Crippen MR) is 61.6 cm³/mol. The molecule has 1 rings (SSSR count). The maximum absolute atomic E-state index is 13.5. The van der Waals surface area contributed by atoms with E-state index in [-0.39, 0.29) is 6.61 Å². The molecule has 0 bridgehead atoms. The minimum atomic E-state index is -3.77. The summed E-state index contributed by atoms with van der Waals surface area (Å²) in [5.41, 5.74) is 8.56. The van der Waals surface area contributed by atoms with Crippen molar-refractivity contribution < 1.29 is 23.4 Å². The molecule has 0 spiro atoms. The summed E-state index contributed by atoms with van der Waals surface area (Å²) in [6.07, 6.45) is -2.36. The summed E-state index contributed by atoms with van der Waals surface area (Å²) in [6.45, 7) is -1.54. The lowest BCUT2D eigenvalue weighted by molar-refractivity contribution is -0.180. The molecule has 0 amide bonds. The topological polar surface area (TPSA) is 95.3 Å². The molecule has 1 aromatic carbocycles. The van der Waals surface area contributed by atoms with Crippen molar-refractivity contribution in [3.8, 4) is 0 Å². The first-order chi connectivity index (χ1) is 8.97. The van der Waals surface area contributed by atoms with Crippen molar-refractivity contribution in [1.82, 2.24) is 0 Å². The van der Waals surface area contributed by atoms with Gasteiger partial charge in [-0.25, -0.2) is 13.6 Å². The van der Waals surface area contributed by atoms with Gasteiger partial charge in [0.2, 0.25) is 6.10 Å². The van der Waals surface area contributed by atoms with E-state index in [1.54, 1.807) is 30.3 Å². The van der Waals surface area contributed by atoms with Gasteiger partial charge in [-0.3, -0.25) is 0 Å². The molecule has 0 unspecified atom stereocenters. The fraction of sp³-hybridized carbons (Fsp3) is 0.364. The summed E-state index contributed by atoms with van der Waals surface area (Å²) in [7, 11) is 0. The maximum Gasteiger partial charge on any atom is 0.339 e. The molecular formula is C11H11F2N3O3. The summed E-state index contributed by atoms with van der Waals surface area (Å²) >= 11 is 0. The highest BCUT2D eigenvalue weighted by Crippen LogP contribution is 2.23. The van der Waals surface area contributed by atoms with Crippen LogP contribution in [0, 0.1) is 0 Å². The lowest BCUT2D eigenvalue weighted by Crippen LogP contribution is -2.44. The predicted octanol–water partition coefficient (Wildman–Crippen LogP) is 2.60. The van der Waals surface area contributed by atoms with Crippen LogP contribution in [0.2, 0.25) is 0 Å². The van der Waals surface area contributed by atoms with Crippen LogP contribution in [-0.4, -0.2) is 29.6 Å². The Bertz CT molecular complexity index is 475. The number of benzene rings is 1. The van der Waals surface area contributed by atoms with Crippen molar-refractivity contribution in [3.05, 3.63) is 46.3 Å². The van der Waals surface area contributed by atoms with E-state index in [1.807, 2.05) is 0 Å². The molecular weight excluding hydrogens is 260 g/mol. The molecule has 0 radical (unpaired) electrons. The van der Waals surface area contributed by atoms with Crippen LogP contribution in [0.25, 0.3) is 10.4 Å². The van der Waals surface area contributed by atoms with Crippen LogP contribution < -0.4 is 0 Å². The smallest absolute Gasteiger partial charge is 0.339 e. The van der Waals surface area contributed by atoms with Gasteiger partial charge < -0.3 is 9.84 Å². The van der Waals surface area contributed by atoms with Gasteiger partial charge in [-0.1, -0.05) is 35.4 Å². The van der Waals surface area contributed by atoms with E-state index in [2.05, 4.69) is 10.0 Å². The summed E-state index contributed by atoms with van der Waals surface area (Å²) in [5.74, 6) is -5.58. The molecule has 0 aliphatic rings. The highest BCUT2D eigenvalue weighted by atomic mass is 19.3. The zero-order valence-corrected chi connectivity index (χ0v) is 9.74. The molecule has 0 saturated carbocycles. The second-order valence-corrected chi connectivity index (χ2v) is 3.66. The largest absolute Gasteiger partial charge is 0.479 e. The molecule has 0 aliphatic heterocycles. The number of halogens is 2. The third kappa shape index (κ3) is 4.53. The average Bonchev–Trinajstić information content (AvgIpc) is 2.37. The van der Waals surface area contributed by atoms with Crippen LogP contribution in [0.4, 0.5) is 8.78 Å². The third-order valence-corrected chi connectivity index (χ3v) is 2.21. The summed E-state index contributed by atoms with van der Waals surface area (Å²) in [6, 6.07) is 8.31. The number of hydrogen-bond acceptors (Lipinski definition) is 3. The summed E-state index contributed by atoms with van der Waals surface area (Å²) in [5, 5.41) is 11.4. The molecule has 19 heavy (non-hydrogen) atoms. The van der Waals surface area contributed by atoms with E-state index < -0.39 is 24.5 Å². The quantitative estimate of drug-likeness (QED) is 0.469. The van der Waals surface area contributed by atoms with Gasteiger partial charge in [0.05, 0.1) is 13.2 Å². The average molecular weight is 271 g/mol. The molecule has 8 heteroatoms. The van der Waals surface area contributed by atoms with Crippen LogP contribution in [0.1, 0.15) is 5.56 Å². The molecule has 1 atom stereocenters. The molecule has 1 N–H and O–H groups in total. The number of carboxylic acids is 1. The van der Waals surface area contributed by atoms with Gasteiger partial charge in [-0.15, -0.1) is 0 Å². The molecule has 0 saturated heterocycles. The van der Waals surface area contributed by atoms with Crippen LogP contribution in [0.3, 0.4) is 0 Å². The lowest BCUT2D eigenvalue weighted by Gasteiger charge is -2.22. The van der Waals surface area contributed by atoms with Crippen LogP contribution in [0.5, 0.6) is 0 Å². The van der Waals surface area contributed by atoms with Crippen molar-refractivity contribution in [2.75, 3.05) is 6.54 Å². The zero-order valence-electron chi connectivity index (χ0n) is 9.74. The second-order valence-electron chi connectivity index (χ2n) is 3.66. The minimum Gasteiger partial charge on any atom is -0.479 e. The van der Waals surface area contributed by atoms with E-state index in [4.69, 9.17) is 15.4 Å². The van der Waals surface area contributed by atoms with Crippen molar-refractivity contribution in [1.29, 1.82) is 0 Å². The SMILES string of the molecule is [N-]=[N+]=NCC(F)(F)[C@@H](OCc1ccccc1)C(=O)O. The minimum absolute atomic E-state index is 0.274. The number of nitrogens with zero attached hydrogens (tertiary/aromatic N) is 3. The fourth-order valence-corrected chi connectivity index (χ4v) is 1.34. The zero-order chi connectivity index (χ0) is 14.3. The van der Waals surface area contributed by atoms with Crippen molar-refractivity contribution >= 4 is 5.97 Å². The second kappa shape index (κ2) is 6.67. The highest BCUT2D eigenvalue weighted by molar-refractivity contribution is 5.73. The Morgan fingerprint density at radius 2 is 2.11 bits per heavy atom. The Kier molecular flexibility index (Phi) is 5.23. The summed E-state index contributed by atoms with van der Waals surface area (Å²) < 4.78 is 31.6. The number of rotatable bonds is 7. The Morgan fingerprint density at radius 3 is 2.63 bits per heavy atom. The van der Waals surface area contributed by atoms with E-state index in [0.29, 0.717) is 5.56 Å². The van der Waals surface area contributed by atoms with E-state index >= 15 is 0 Å². The van der Waals surface area contributed by atoms with E-state index in [9.17, 15) is 13.6 Å². The number of ether oxygens (including phenoxy) is 1. The Labute approximate surface area is 107 Å². The van der Waals surface area contributed by atoms with Gasteiger partial charge in [0, 0.05) is 4.91 Å². The lowest BCUT2D eigenvalue weighted by atomic mass is 10.2. The van der Waals surface area contributed by atoms with Gasteiger partial charge in [0.1, 0.15) is 0 Å². The number of azide groups is 1. The molecule has 0 aromatic heterocycles. The monoisotopic (exact) mass is 271 g/mol. The van der Waals surface area contributed by atoms with Crippen LogP contribution in [-0.2, 0) is 16.1 Å². The molecule has 0 aliphatic carbocycles. The fourth-order valence-electron chi connectivity index (χ4n) is 1.34. The molecule has 102 valence electrons. The van der Waals surface area contributed by atoms with Gasteiger partial charge in [0.15, 0.2) is 0 Å². The number of carboxylic acid groups (broad SMARTS) is 1. The van der Waals surface area contributed by atoms with Gasteiger partial charge in [0.25, 0.3) is 5.92 Å². The maximum atomic E-state index is 13.5. The molecule has 1 aromatic rings. The number of carbonyl (C=O) groups is 1. The van der Waals surface area contributed by atoms with E-state index in [1.165, 1.54) is 0 Å². The molecule has 0 heterocycles. The van der Waals surface area contributed by atoms with Gasteiger partial charge in [-0.2, -0.15) is 0 Å². The third-order valence-electron chi connectivity index (χ3n) is 2.21. The molecule has 6 nitrogen and oxygen atoms in total. The normalized spacial score (nSPS) is 12.5. The van der Waals surface area contributed by atoms with Crippen molar-refractivity contribution in [2.45, 2.75) is 18.6 Å². The number of hydrogen-bond donors (Lipinski definition) is 1. The number of alkyl halides is 2. The highest BCUT2D eigenvalue weighted by Gasteiger charge is 2.45. The first-order valence-electron chi connectivity index (χ1n) is 5.24. The summed E-state index contributed by atoms with van der Waals surface area (Å²) in [4.78, 5) is 13.0. The van der Waals surface area contributed by atoms with E-state index in [0.717, 1.165) is 0 Å². The molecule has 0 fully saturated rings. The Morgan fingerprint density at radius 1 is 1.47 bits per heavy atom. The van der Waals surface area contributed by atoms with Crippen LogP contribution >= 0.6 is 0 Å². The van der Waals surface area contributed by atoms with Crippen molar-refractivity contribution in [2.24, 2.45) is 5.11 Å². The Balaban J connectivity index is 2.73.